The standard InChI is InChI=1S/C14H18N2O4/c1-9(17)8-16(3)13(18)7-11-10(2)20-14(15-11)12-5-4-6-19-12/h4-6,9,17H,7-8H2,1-3H3. The van der Waals surface area contributed by atoms with E-state index in [1.165, 1.54) is 11.2 Å². The first-order valence-corrected chi connectivity index (χ1v) is 6.39. The number of carbonyl (C=O) groups excluding carboxylic acids is 1. The summed E-state index contributed by atoms with van der Waals surface area (Å²) in [5.41, 5.74) is 0.582. The fourth-order valence-electron chi connectivity index (χ4n) is 1.87. The van der Waals surface area contributed by atoms with Gasteiger partial charge >= 0.3 is 0 Å². The minimum Gasteiger partial charge on any atom is -0.459 e. The van der Waals surface area contributed by atoms with E-state index < -0.39 is 6.10 Å². The molecule has 1 unspecified atom stereocenters. The molecule has 0 saturated carbocycles. The van der Waals surface area contributed by atoms with Crippen LogP contribution in [0.25, 0.3) is 11.7 Å². The molecule has 2 aromatic heterocycles. The third-order valence-corrected chi connectivity index (χ3v) is 2.91. The molecule has 0 radical (unpaired) electrons. The van der Waals surface area contributed by atoms with E-state index in [9.17, 15) is 9.90 Å². The first-order valence-electron chi connectivity index (χ1n) is 6.39. The molecule has 2 heterocycles. The highest BCUT2D eigenvalue weighted by Crippen LogP contribution is 2.22. The summed E-state index contributed by atoms with van der Waals surface area (Å²) in [6.45, 7) is 3.69. The van der Waals surface area contributed by atoms with Crippen LogP contribution < -0.4 is 0 Å². The molecule has 20 heavy (non-hydrogen) atoms. The number of furan rings is 1. The Labute approximate surface area is 117 Å². The van der Waals surface area contributed by atoms with E-state index in [0.29, 0.717) is 29.6 Å². The lowest BCUT2D eigenvalue weighted by atomic mass is 10.2. The zero-order valence-corrected chi connectivity index (χ0v) is 11.8. The number of carbonyl (C=O) groups is 1. The van der Waals surface area contributed by atoms with E-state index in [-0.39, 0.29) is 12.3 Å². The number of aliphatic hydroxyl groups excluding tert-OH is 1. The predicted octanol–water partition coefficient (Wildman–Crippen LogP) is 1.62. The fraction of sp³-hybridized carbons (Fsp3) is 0.429. The summed E-state index contributed by atoms with van der Waals surface area (Å²) in [7, 11) is 1.65. The van der Waals surface area contributed by atoms with Crippen LogP contribution in [0.1, 0.15) is 18.4 Å². The second-order valence-corrected chi connectivity index (χ2v) is 4.80. The largest absolute Gasteiger partial charge is 0.459 e. The number of aliphatic hydroxyl groups is 1. The highest BCUT2D eigenvalue weighted by molar-refractivity contribution is 5.78. The van der Waals surface area contributed by atoms with Crippen molar-refractivity contribution in [3.05, 3.63) is 29.9 Å². The summed E-state index contributed by atoms with van der Waals surface area (Å²) in [6, 6.07) is 3.49. The third-order valence-electron chi connectivity index (χ3n) is 2.91. The quantitative estimate of drug-likeness (QED) is 0.899. The molecule has 0 spiro atoms. The van der Waals surface area contributed by atoms with Crippen molar-refractivity contribution < 1.29 is 18.7 Å². The molecule has 0 aliphatic rings. The summed E-state index contributed by atoms with van der Waals surface area (Å²) < 4.78 is 10.7. The van der Waals surface area contributed by atoms with Crippen LogP contribution in [-0.4, -0.2) is 40.6 Å². The molecule has 6 nitrogen and oxygen atoms in total. The number of amides is 1. The molecule has 1 N–H and O–H groups in total. The maximum absolute atomic E-state index is 12.0. The normalized spacial score (nSPS) is 12.4. The Kier molecular flexibility index (Phi) is 4.24. The van der Waals surface area contributed by atoms with Crippen molar-refractivity contribution in [2.45, 2.75) is 26.4 Å². The van der Waals surface area contributed by atoms with E-state index in [1.807, 2.05) is 0 Å². The van der Waals surface area contributed by atoms with Gasteiger partial charge in [0.2, 0.25) is 5.91 Å². The summed E-state index contributed by atoms with van der Waals surface area (Å²) in [5.74, 6) is 1.38. The summed E-state index contributed by atoms with van der Waals surface area (Å²) in [4.78, 5) is 17.8. The minimum atomic E-state index is -0.555. The molecule has 2 aromatic rings. The second-order valence-electron chi connectivity index (χ2n) is 4.80. The van der Waals surface area contributed by atoms with Crippen LogP contribution in [0.15, 0.2) is 27.2 Å². The molecule has 0 saturated heterocycles. The van der Waals surface area contributed by atoms with Crippen molar-refractivity contribution in [2.24, 2.45) is 0 Å². The van der Waals surface area contributed by atoms with Crippen molar-refractivity contribution in [1.82, 2.24) is 9.88 Å². The van der Waals surface area contributed by atoms with E-state index in [4.69, 9.17) is 8.83 Å². The van der Waals surface area contributed by atoms with Crippen LogP contribution in [0, 0.1) is 6.92 Å². The smallest absolute Gasteiger partial charge is 0.263 e. The molecule has 6 heteroatoms. The number of aryl methyl sites for hydroxylation is 1. The van der Waals surface area contributed by atoms with Gasteiger partial charge in [0.1, 0.15) is 5.76 Å². The average Bonchev–Trinajstić information content (AvgIpc) is 2.98. The van der Waals surface area contributed by atoms with Crippen LogP contribution in [0.3, 0.4) is 0 Å². The van der Waals surface area contributed by atoms with Gasteiger partial charge in [-0.15, -0.1) is 0 Å². The number of aromatic nitrogens is 1. The van der Waals surface area contributed by atoms with Gasteiger partial charge in [0.25, 0.3) is 5.89 Å². The van der Waals surface area contributed by atoms with Gasteiger partial charge in [-0.1, -0.05) is 0 Å². The summed E-state index contributed by atoms with van der Waals surface area (Å²) in [5, 5.41) is 9.28. The maximum Gasteiger partial charge on any atom is 0.263 e. The van der Waals surface area contributed by atoms with Crippen LogP contribution in [0.4, 0.5) is 0 Å². The highest BCUT2D eigenvalue weighted by Gasteiger charge is 2.18. The van der Waals surface area contributed by atoms with Crippen LogP contribution in [0.2, 0.25) is 0 Å². The van der Waals surface area contributed by atoms with E-state index in [1.54, 1.807) is 33.0 Å². The maximum atomic E-state index is 12.0. The zero-order valence-electron chi connectivity index (χ0n) is 11.8. The van der Waals surface area contributed by atoms with E-state index in [0.717, 1.165) is 0 Å². The van der Waals surface area contributed by atoms with Crippen LogP contribution in [-0.2, 0) is 11.2 Å². The monoisotopic (exact) mass is 278 g/mol. The van der Waals surface area contributed by atoms with Gasteiger partial charge in [-0.05, 0) is 26.0 Å². The Hall–Kier alpha value is -2.08. The SMILES string of the molecule is Cc1oc(-c2ccco2)nc1CC(=O)N(C)CC(C)O. The van der Waals surface area contributed by atoms with Crippen molar-refractivity contribution in [3.63, 3.8) is 0 Å². The number of rotatable bonds is 5. The summed E-state index contributed by atoms with van der Waals surface area (Å²) >= 11 is 0. The Morgan fingerprint density at radius 1 is 1.55 bits per heavy atom. The molecule has 1 amide bonds. The Morgan fingerprint density at radius 2 is 2.30 bits per heavy atom. The van der Waals surface area contributed by atoms with Gasteiger partial charge in [0.15, 0.2) is 5.76 Å². The van der Waals surface area contributed by atoms with Crippen molar-refractivity contribution in [2.75, 3.05) is 13.6 Å². The van der Waals surface area contributed by atoms with E-state index in [2.05, 4.69) is 4.98 Å². The molecule has 2 rings (SSSR count). The summed E-state index contributed by atoms with van der Waals surface area (Å²) in [6.07, 6.45) is 1.12. The Balaban J connectivity index is 2.08. The number of hydrogen-bond donors (Lipinski definition) is 1. The zero-order chi connectivity index (χ0) is 14.7. The fourth-order valence-corrected chi connectivity index (χ4v) is 1.87. The second kappa shape index (κ2) is 5.92. The number of oxazole rings is 1. The molecule has 0 aliphatic carbocycles. The van der Waals surface area contributed by atoms with Gasteiger partial charge in [-0.25, -0.2) is 4.98 Å². The lowest BCUT2D eigenvalue weighted by Crippen LogP contribution is -2.34. The average molecular weight is 278 g/mol. The highest BCUT2D eigenvalue weighted by atomic mass is 16.4. The lowest BCUT2D eigenvalue weighted by molar-refractivity contribution is -0.130. The molecule has 108 valence electrons. The van der Waals surface area contributed by atoms with E-state index >= 15 is 0 Å². The van der Waals surface area contributed by atoms with Gasteiger partial charge in [0, 0.05) is 13.6 Å². The van der Waals surface area contributed by atoms with Gasteiger partial charge < -0.3 is 18.8 Å². The molecule has 0 aromatic carbocycles. The molecular weight excluding hydrogens is 260 g/mol. The Morgan fingerprint density at radius 3 is 2.90 bits per heavy atom. The predicted molar refractivity (Wildman–Crippen MR) is 72.0 cm³/mol. The first kappa shape index (κ1) is 14.3. The molecule has 1 atom stereocenters. The number of likely N-dealkylation sites (N-methyl/N-ethyl adjacent to an activating group) is 1. The lowest BCUT2D eigenvalue weighted by Gasteiger charge is -2.18. The van der Waals surface area contributed by atoms with Crippen molar-refractivity contribution >= 4 is 5.91 Å². The van der Waals surface area contributed by atoms with Gasteiger partial charge in [-0.2, -0.15) is 0 Å². The van der Waals surface area contributed by atoms with Crippen molar-refractivity contribution in [3.8, 4) is 11.7 Å². The third kappa shape index (κ3) is 3.27. The number of hydrogen-bond acceptors (Lipinski definition) is 5. The molecule has 0 aliphatic heterocycles. The van der Waals surface area contributed by atoms with Gasteiger partial charge in [-0.3, -0.25) is 4.79 Å². The molecular formula is C14H18N2O4. The number of nitrogens with zero attached hydrogens (tertiary/aromatic N) is 2. The minimum absolute atomic E-state index is 0.117. The van der Waals surface area contributed by atoms with Crippen LogP contribution in [0.5, 0.6) is 0 Å². The van der Waals surface area contributed by atoms with Crippen molar-refractivity contribution in [1.29, 1.82) is 0 Å². The van der Waals surface area contributed by atoms with Gasteiger partial charge in [0.05, 0.1) is 24.5 Å². The van der Waals surface area contributed by atoms with Crippen LogP contribution >= 0.6 is 0 Å². The Bertz CT molecular complexity index is 572. The molecule has 0 bridgehead atoms. The molecule has 0 fully saturated rings. The topological polar surface area (TPSA) is 79.7 Å². The first-order chi connectivity index (χ1) is 9.47.